The van der Waals surface area contributed by atoms with E-state index in [-0.39, 0.29) is 5.91 Å². The Kier molecular flexibility index (Phi) is 5.45. The molecular formula is C16H19N3OS2. The van der Waals surface area contributed by atoms with E-state index >= 15 is 0 Å². The van der Waals surface area contributed by atoms with Crippen LogP contribution in [0.25, 0.3) is 0 Å². The summed E-state index contributed by atoms with van der Waals surface area (Å²) in [6.45, 7) is 1.54. The maximum atomic E-state index is 12.1. The van der Waals surface area contributed by atoms with E-state index in [1.165, 1.54) is 17.1 Å². The molecule has 1 aromatic heterocycles. The standard InChI is InChI=1S/C16H19N3OS2/c20-15(18-6-1-8-19-9-7-17-12-19)13-2-4-14(5-3-13)16-21-10-11-22-16/h2-5,7,9,12,16H,1,6,8,10-11H2,(H,18,20). The lowest BCUT2D eigenvalue weighted by molar-refractivity contribution is 0.0952. The zero-order valence-electron chi connectivity index (χ0n) is 12.3. The Morgan fingerprint density at radius 3 is 2.73 bits per heavy atom. The largest absolute Gasteiger partial charge is 0.352 e. The van der Waals surface area contributed by atoms with Crippen molar-refractivity contribution in [3.05, 3.63) is 54.1 Å². The fourth-order valence-corrected chi connectivity index (χ4v) is 5.19. The first-order valence-corrected chi connectivity index (χ1v) is 9.50. The van der Waals surface area contributed by atoms with Crippen LogP contribution in [-0.2, 0) is 6.54 Å². The van der Waals surface area contributed by atoms with Crippen LogP contribution in [0.4, 0.5) is 0 Å². The maximum absolute atomic E-state index is 12.1. The van der Waals surface area contributed by atoms with Crippen molar-refractivity contribution < 1.29 is 4.79 Å². The van der Waals surface area contributed by atoms with Gasteiger partial charge in [0, 0.05) is 42.6 Å². The van der Waals surface area contributed by atoms with Gasteiger partial charge in [-0.15, -0.1) is 23.5 Å². The summed E-state index contributed by atoms with van der Waals surface area (Å²) in [6.07, 6.45) is 6.38. The van der Waals surface area contributed by atoms with Crippen molar-refractivity contribution in [3.8, 4) is 0 Å². The molecule has 2 aromatic rings. The second kappa shape index (κ2) is 7.74. The van der Waals surface area contributed by atoms with Gasteiger partial charge in [0.1, 0.15) is 0 Å². The molecule has 0 unspecified atom stereocenters. The minimum Gasteiger partial charge on any atom is -0.352 e. The number of aromatic nitrogens is 2. The highest BCUT2D eigenvalue weighted by molar-refractivity contribution is 8.19. The second-order valence-corrected chi connectivity index (χ2v) is 7.83. The Bertz CT molecular complexity index is 592. The molecule has 0 atom stereocenters. The van der Waals surface area contributed by atoms with Gasteiger partial charge in [-0.1, -0.05) is 12.1 Å². The molecule has 2 heterocycles. The SMILES string of the molecule is O=C(NCCCn1ccnc1)c1ccc(C2SCCS2)cc1. The summed E-state index contributed by atoms with van der Waals surface area (Å²) in [7, 11) is 0. The highest BCUT2D eigenvalue weighted by Crippen LogP contribution is 2.45. The normalized spacial score (nSPS) is 15.1. The van der Waals surface area contributed by atoms with Crippen LogP contribution in [0.2, 0.25) is 0 Å². The van der Waals surface area contributed by atoms with E-state index in [4.69, 9.17) is 0 Å². The molecule has 1 saturated heterocycles. The number of carbonyl (C=O) groups excluding carboxylic acids is 1. The number of amides is 1. The van der Waals surface area contributed by atoms with Gasteiger partial charge in [0.25, 0.3) is 5.91 Å². The first-order valence-electron chi connectivity index (χ1n) is 7.40. The summed E-state index contributed by atoms with van der Waals surface area (Å²) in [6, 6.07) is 8.02. The van der Waals surface area contributed by atoms with Gasteiger partial charge in [-0.05, 0) is 24.1 Å². The lowest BCUT2D eigenvalue weighted by Crippen LogP contribution is -2.25. The van der Waals surface area contributed by atoms with Crippen LogP contribution in [0.5, 0.6) is 0 Å². The van der Waals surface area contributed by atoms with Gasteiger partial charge >= 0.3 is 0 Å². The molecule has 3 rings (SSSR count). The predicted octanol–water partition coefficient (Wildman–Crippen LogP) is 3.18. The van der Waals surface area contributed by atoms with E-state index in [1.807, 2.05) is 46.4 Å². The highest BCUT2D eigenvalue weighted by atomic mass is 32.2. The Labute approximate surface area is 139 Å². The summed E-state index contributed by atoms with van der Waals surface area (Å²) in [5.74, 6) is 2.44. The molecule has 0 saturated carbocycles. The molecule has 0 aliphatic carbocycles. The fraction of sp³-hybridized carbons (Fsp3) is 0.375. The summed E-state index contributed by atoms with van der Waals surface area (Å²) in [5, 5.41) is 2.97. The lowest BCUT2D eigenvalue weighted by atomic mass is 10.1. The number of carbonyl (C=O) groups is 1. The topological polar surface area (TPSA) is 46.9 Å². The molecule has 1 fully saturated rings. The minimum atomic E-state index is 0.00362. The number of benzene rings is 1. The van der Waals surface area contributed by atoms with Crippen molar-refractivity contribution in [2.24, 2.45) is 0 Å². The molecule has 116 valence electrons. The van der Waals surface area contributed by atoms with Gasteiger partial charge in [-0.3, -0.25) is 4.79 Å². The van der Waals surface area contributed by atoms with E-state index in [1.54, 1.807) is 12.5 Å². The Morgan fingerprint density at radius 2 is 2.05 bits per heavy atom. The van der Waals surface area contributed by atoms with Gasteiger partial charge in [-0.2, -0.15) is 0 Å². The summed E-state index contributed by atoms with van der Waals surface area (Å²) < 4.78 is 2.55. The third-order valence-electron chi connectivity index (χ3n) is 3.50. The molecule has 22 heavy (non-hydrogen) atoms. The number of hydrogen-bond acceptors (Lipinski definition) is 4. The zero-order valence-corrected chi connectivity index (χ0v) is 13.9. The van der Waals surface area contributed by atoms with Crippen LogP contribution in [0, 0.1) is 0 Å². The molecule has 1 aliphatic rings. The molecular weight excluding hydrogens is 314 g/mol. The molecule has 1 amide bonds. The Balaban J connectivity index is 1.45. The predicted molar refractivity (Wildman–Crippen MR) is 93.3 cm³/mol. The Morgan fingerprint density at radius 1 is 1.27 bits per heavy atom. The van der Waals surface area contributed by atoms with Crippen molar-refractivity contribution in [3.63, 3.8) is 0 Å². The average Bonchev–Trinajstić information content (AvgIpc) is 3.25. The molecule has 6 heteroatoms. The Hall–Kier alpha value is -1.40. The molecule has 1 aliphatic heterocycles. The average molecular weight is 333 g/mol. The highest BCUT2D eigenvalue weighted by Gasteiger charge is 2.18. The quantitative estimate of drug-likeness (QED) is 0.825. The van der Waals surface area contributed by atoms with E-state index < -0.39 is 0 Å². The number of aryl methyl sites for hydroxylation is 1. The zero-order chi connectivity index (χ0) is 15.2. The van der Waals surface area contributed by atoms with Crippen LogP contribution >= 0.6 is 23.5 Å². The van der Waals surface area contributed by atoms with Crippen molar-refractivity contribution in [1.29, 1.82) is 0 Å². The van der Waals surface area contributed by atoms with Crippen LogP contribution in [0.3, 0.4) is 0 Å². The van der Waals surface area contributed by atoms with E-state index in [0.29, 0.717) is 11.1 Å². The molecule has 4 nitrogen and oxygen atoms in total. The second-order valence-electron chi connectivity index (χ2n) is 5.11. The maximum Gasteiger partial charge on any atom is 0.251 e. The number of nitrogens with one attached hydrogen (secondary N) is 1. The monoisotopic (exact) mass is 333 g/mol. The molecule has 1 aromatic carbocycles. The third kappa shape index (κ3) is 4.08. The minimum absolute atomic E-state index is 0.00362. The van der Waals surface area contributed by atoms with Crippen molar-refractivity contribution in [2.75, 3.05) is 18.1 Å². The number of rotatable bonds is 6. The number of nitrogens with zero attached hydrogens (tertiary/aromatic N) is 2. The van der Waals surface area contributed by atoms with Crippen LogP contribution in [-0.4, -0.2) is 33.5 Å². The van der Waals surface area contributed by atoms with Crippen molar-refractivity contribution >= 4 is 29.4 Å². The van der Waals surface area contributed by atoms with Crippen LogP contribution < -0.4 is 5.32 Å². The lowest BCUT2D eigenvalue weighted by Gasteiger charge is -2.09. The summed E-state index contributed by atoms with van der Waals surface area (Å²) in [5.41, 5.74) is 2.04. The fourth-order valence-electron chi connectivity index (χ4n) is 2.33. The number of thioether (sulfide) groups is 2. The molecule has 0 radical (unpaired) electrons. The van der Waals surface area contributed by atoms with E-state index in [2.05, 4.69) is 22.4 Å². The van der Waals surface area contributed by atoms with E-state index in [0.717, 1.165) is 18.5 Å². The summed E-state index contributed by atoms with van der Waals surface area (Å²) in [4.78, 5) is 16.1. The van der Waals surface area contributed by atoms with Crippen molar-refractivity contribution in [2.45, 2.75) is 17.5 Å². The third-order valence-corrected chi connectivity index (χ3v) is 6.61. The van der Waals surface area contributed by atoms with Crippen LogP contribution in [0.15, 0.2) is 43.0 Å². The van der Waals surface area contributed by atoms with Gasteiger partial charge < -0.3 is 9.88 Å². The van der Waals surface area contributed by atoms with Crippen molar-refractivity contribution in [1.82, 2.24) is 14.9 Å². The first-order chi connectivity index (χ1) is 10.8. The van der Waals surface area contributed by atoms with Gasteiger partial charge in [-0.25, -0.2) is 4.98 Å². The van der Waals surface area contributed by atoms with Gasteiger partial charge in [0.15, 0.2) is 0 Å². The number of hydrogen-bond donors (Lipinski definition) is 1. The first kappa shape index (κ1) is 15.5. The van der Waals surface area contributed by atoms with E-state index in [9.17, 15) is 4.79 Å². The number of imidazole rings is 1. The molecule has 1 N–H and O–H groups in total. The molecule has 0 spiro atoms. The molecule has 0 bridgehead atoms. The smallest absolute Gasteiger partial charge is 0.251 e. The van der Waals surface area contributed by atoms with Gasteiger partial charge in [0.05, 0.1) is 10.9 Å². The van der Waals surface area contributed by atoms with Gasteiger partial charge in [0.2, 0.25) is 0 Å². The van der Waals surface area contributed by atoms with Crippen LogP contribution in [0.1, 0.15) is 26.9 Å². The summed E-state index contributed by atoms with van der Waals surface area (Å²) >= 11 is 3.96.